The Labute approximate surface area is 287 Å². The van der Waals surface area contributed by atoms with E-state index in [0.717, 1.165) is 43.6 Å². The summed E-state index contributed by atoms with van der Waals surface area (Å²) in [5.74, 6) is 0.714. The van der Waals surface area contributed by atoms with E-state index in [1.165, 1.54) is 52.1 Å². The van der Waals surface area contributed by atoms with E-state index >= 15 is 0 Å². The first-order valence-corrected chi connectivity index (χ1v) is 17.8. The maximum Gasteiger partial charge on any atom is 0.160 e. The van der Waals surface area contributed by atoms with Crippen molar-refractivity contribution in [1.29, 1.82) is 0 Å². The molecule has 0 N–H and O–H groups in total. The molecule has 49 heavy (non-hydrogen) atoms. The largest absolute Gasteiger partial charge is 0.308 e. The minimum atomic E-state index is 0.714. The quantitative estimate of drug-likeness (QED) is 0.189. The van der Waals surface area contributed by atoms with Crippen molar-refractivity contribution in [2.24, 2.45) is 0 Å². The van der Waals surface area contributed by atoms with Gasteiger partial charge in [0.2, 0.25) is 0 Å². The normalized spacial score (nSPS) is 12.1. The van der Waals surface area contributed by atoms with E-state index in [1.54, 1.807) is 17.7 Å². The summed E-state index contributed by atoms with van der Waals surface area (Å²) in [4.78, 5) is 19.4. The van der Waals surface area contributed by atoms with Gasteiger partial charge in [-0.2, -0.15) is 0 Å². The first-order valence-electron chi connectivity index (χ1n) is 16.1. The average molecular weight is 662 g/mol. The van der Waals surface area contributed by atoms with Crippen LogP contribution in [0.1, 0.15) is 0 Å². The van der Waals surface area contributed by atoms with Crippen LogP contribution in [0.4, 0.5) is 0 Å². The molecule has 0 aliphatic heterocycles. The van der Waals surface area contributed by atoms with E-state index in [-0.39, 0.29) is 0 Å². The van der Waals surface area contributed by atoms with Gasteiger partial charge in [-0.1, -0.05) is 84.9 Å². The molecule has 6 aromatic carbocycles. The summed E-state index contributed by atoms with van der Waals surface area (Å²) in [6.45, 7) is 0. The summed E-state index contributed by atoms with van der Waals surface area (Å²) in [6.07, 6.45) is 3.63. The van der Waals surface area contributed by atoms with E-state index < -0.39 is 0 Å². The zero-order valence-electron chi connectivity index (χ0n) is 25.8. The predicted molar refractivity (Wildman–Crippen MR) is 206 cm³/mol. The molecule has 0 saturated carbocycles. The van der Waals surface area contributed by atoms with Crippen LogP contribution in [0.15, 0.2) is 140 Å². The molecule has 5 aromatic heterocycles. The number of aromatic nitrogens is 5. The van der Waals surface area contributed by atoms with Gasteiger partial charge in [-0.3, -0.25) is 0 Å². The molecule has 0 unspecified atom stereocenters. The molecule has 0 spiro atoms. The molecule has 7 heteroatoms. The smallest absolute Gasteiger partial charge is 0.160 e. The lowest BCUT2D eigenvalue weighted by Crippen LogP contribution is -1.97. The minimum absolute atomic E-state index is 0.714. The molecule has 0 aliphatic rings. The molecule has 0 saturated heterocycles. The van der Waals surface area contributed by atoms with Crippen LogP contribution in [-0.2, 0) is 0 Å². The standard InChI is InChI=1S/C42H23N5S2/c1-2-10-24(11-3-1)37-27-12-4-7-15-30(27)45-42(46-37)25-18-20-26(21-19-25)47-31-16-8-5-13-28(31)35-39(47)41-34(29-14-6-9-17-32(29)48-41)36-38-33(49-40(35)36)22-43-23-44-38/h1-23H. The Hall–Kier alpha value is -6.02. The van der Waals surface area contributed by atoms with Crippen LogP contribution in [0.5, 0.6) is 0 Å². The summed E-state index contributed by atoms with van der Waals surface area (Å²) in [7, 11) is 0. The SMILES string of the molecule is c1ccc(-c2nc(-c3ccc(-n4c5ccccc5c5c6sc7cncnc7c6c6c7ccccc7sc6c54)cc3)nc3ccccc23)cc1. The molecule has 0 aliphatic carbocycles. The second kappa shape index (κ2) is 10.2. The van der Waals surface area contributed by atoms with Crippen LogP contribution in [0.25, 0.3) is 102 Å². The van der Waals surface area contributed by atoms with Crippen LogP contribution >= 0.6 is 22.7 Å². The molecule has 0 radical (unpaired) electrons. The molecule has 0 atom stereocenters. The number of thiophene rings is 2. The number of hydrogen-bond acceptors (Lipinski definition) is 6. The number of hydrogen-bond donors (Lipinski definition) is 0. The number of para-hydroxylation sites is 2. The predicted octanol–water partition coefficient (Wildman–Crippen LogP) is 11.6. The number of fused-ring (bicyclic) bond motifs is 13. The molecular weight excluding hydrogens is 639 g/mol. The van der Waals surface area contributed by atoms with Gasteiger partial charge in [0, 0.05) is 64.7 Å². The van der Waals surface area contributed by atoms with E-state index in [1.807, 2.05) is 35.7 Å². The lowest BCUT2D eigenvalue weighted by Gasteiger charge is -2.12. The fraction of sp³-hybridized carbons (Fsp3) is 0. The third-order valence-electron chi connectivity index (χ3n) is 9.55. The van der Waals surface area contributed by atoms with Crippen molar-refractivity contribution in [3.8, 4) is 28.3 Å². The van der Waals surface area contributed by atoms with E-state index in [4.69, 9.17) is 15.0 Å². The summed E-state index contributed by atoms with van der Waals surface area (Å²) in [5, 5.41) is 7.31. The van der Waals surface area contributed by atoms with Crippen molar-refractivity contribution in [3.05, 3.63) is 140 Å². The zero-order valence-corrected chi connectivity index (χ0v) is 27.5. The molecule has 0 amide bonds. The van der Waals surface area contributed by atoms with Gasteiger partial charge in [0.1, 0.15) is 6.33 Å². The van der Waals surface area contributed by atoms with Crippen LogP contribution in [0.3, 0.4) is 0 Å². The maximum absolute atomic E-state index is 5.13. The second-order valence-corrected chi connectivity index (χ2v) is 14.4. The average Bonchev–Trinajstić information content (AvgIpc) is 3.85. The molecule has 228 valence electrons. The Morgan fingerprint density at radius 1 is 0.531 bits per heavy atom. The van der Waals surface area contributed by atoms with Gasteiger partial charge < -0.3 is 4.57 Å². The van der Waals surface area contributed by atoms with Crippen molar-refractivity contribution in [3.63, 3.8) is 0 Å². The fourth-order valence-electron chi connectivity index (χ4n) is 7.45. The third kappa shape index (κ3) is 3.85. The highest BCUT2D eigenvalue weighted by atomic mass is 32.1. The van der Waals surface area contributed by atoms with Gasteiger partial charge in [0.15, 0.2) is 5.82 Å². The molecule has 11 rings (SSSR count). The van der Waals surface area contributed by atoms with Crippen LogP contribution in [-0.4, -0.2) is 24.5 Å². The van der Waals surface area contributed by atoms with Crippen molar-refractivity contribution in [1.82, 2.24) is 24.5 Å². The Morgan fingerprint density at radius 3 is 2.14 bits per heavy atom. The lowest BCUT2D eigenvalue weighted by molar-refractivity contribution is 1.18. The van der Waals surface area contributed by atoms with Crippen LogP contribution in [0.2, 0.25) is 0 Å². The van der Waals surface area contributed by atoms with Gasteiger partial charge >= 0.3 is 0 Å². The van der Waals surface area contributed by atoms with E-state index in [2.05, 4.69) is 119 Å². The van der Waals surface area contributed by atoms with Crippen molar-refractivity contribution in [2.75, 3.05) is 0 Å². The first-order chi connectivity index (χ1) is 24.3. The van der Waals surface area contributed by atoms with Gasteiger partial charge in [-0.05, 0) is 42.5 Å². The Morgan fingerprint density at radius 2 is 1.27 bits per heavy atom. The molecule has 0 fully saturated rings. The summed E-state index contributed by atoms with van der Waals surface area (Å²) < 4.78 is 7.35. The first kappa shape index (κ1) is 27.0. The highest BCUT2D eigenvalue weighted by Gasteiger charge is 2.25. The van der Waals surface area contributed by atoms with Gasteiger partial charge in [0.05, 0.1) is 37.2 Å². The summed E-state index contributed by atoms with van der Waals surface area (Å²) in [6, 6.07) is 44.9. The monoisotopic (exact) mass is 661 g/mol. The fourth-order valence-corrected chi connectivity index (χ4v) is 9.90. The van der Waals surface area contributed by atoms with Gasteiger partial charge in [-0.15, -0.1) is 22.7 Å². The van der Waals surface area contributed by atoms with Crippen LogP contribution < -0.4 is 0 Å². The Kier molecular flexibility index (Phi) is 5.64. The molecular formula is C42H23N5S2. The number of nitrogens with zero attached hydrogens (tertiary/aromatic N) is 5. The van der Waals surface area contributed by atoms with E-state index in [0.29, 0.717) is 5.82 Å². The maximum atomic E-state index is 5.13. The van der Waals surface area contributed by atoms with Gasteiger partial charge in [0.25, 0.3) is 0 Å². The highest BCUT2D eigenvalue weighted by Crippen LogP contribution is 2.51. The van der Waals surface area contributed by atoms with E-state index in [9.17, 15) is 0 Å². The number of benzene rings is 6. The lowest BCUT2D eigenvalue weighted by atomic mass is 10.0. The van der Waals surface area contributed by atoms with Crippen molar-refractivity contribution < 1.29 is 0 Å². The van der Waals surface area contributed by atoms with Crippen molar-refractivity contribution in [2.45, 2.75) is 0 Å². The molecule has 11 aromatic rings. The van der Waals surface area contributed by atoms with Crippen LogP contribution in [0, 0.1) is 0 Å². The molecule has 0 bridgehead atoms. The topological polar surface area (TPSA) is 56.5 Å². The third-order valence-corrected chi connectivity index (χ3v) is 11.9. The van der Waals surface area contributed by atoms with Crippen molar-refractivity contribution >= 4 is 95.9 Å². The second-order valence-electron chi connectivity index (χ2n) is 12.2. The zero-order chi connectivity index (χ0) is 32.1. The summed E-state index contributed by atoms with van der Waals surface area (Å²) in [5.41, 5.74) is 8.45. The number of rotatable bonds is 3. The minimum Gasteiger partial charge on any atom is -0.308 e. The molecule has 5 nitrogen and oxygen atoms in total. The summed E-state index contributed by atoms with van der Waals surface area (Å²) >= 11 is 3.65. The van der Waals surface area contributed by atoms with Gasteiger partial charge in [-0.25, -0.2) is 19.9 Å². The Balaban J connectivity index is 1.20. The highest BCUT2D eigenvalue weighted by molar-refractivity contribution is 7.29. The Bertz CT molecular complexity index is 3100. The molecule has 5 heterocycles.